The van der Waals surface area contributed by atoms with Gasteiger partial charge in [-0.3, -0.25) is 4.79 Å². The normalized spacial score (nSPS) is 13.9. The van der Waals surface area contributed by atoms with E-state index < -0.39 is 11.8 Å². The number of primary amides is 1. The molecular formula is C19H19F2N3O2. The molecule has 1 aliphatic rings. The minimum atomic E-state index is -2.98. The molecule has 5 nitrogen and oxygen atoms in total. The summed E-state index contributed by atoms with van der Waals surface area (Å²) in [5.74, 6) is -3.47. The Morgan fingerprint density at radius 2 is 1.92 bits per heavy atom. The summed E-state index contributed by atoms with van der Waals surface area (Å²) in [4.78, 5) is 25.6. The average Bonchev–Trinajstić information content (AvgIpc) is 2.60. The van der Waals surface area contributed by atoms with Gasteiger partial charge < -0.3 is 16.0 Å². The third-order valence-electron chi connectivity index (χ3n) is 4.44. The van der Waals surface area contributed by atoms with E-state index in [9.17, 15) is 18.4 Å². The van der Waals surface area contributed by atoms with Crippen molar-refractivity contribution in [2.24, 2.45) is 5.73 Å². The first kappa shape index (κ1) is 17.8. The highest BCUT2D eigenvalue weighted by atomic mass is 19.3. The molecule has 2 aromatic rings. The number of anilines is 1. The SMILES string of the molecule is CC(F)(F)c1cccc(NC(=O)N2CCc3c(cccc3C(N)=O)C2)c1. The Kier molecular flexibility index (Phi) is 4.63. The zero-order valence-corrected chi connectivity index (χ0v) is 14.3. The van der Waals surface area contributed by atoms with Gasteiger partial charge in [-0.2, -0.15) is 0 Å². The van der Waals surface area contributed by atoms with Crippen LogP contribution in [0.1, 0.15) is 34.0 Å². The second-order valence-electron chi connectivity index (χ2n) is 6.38. The van der Waals surface area contributed by atoms with Gasteiger partial charge in [-0.15, -0.1) is 0 Å². The lowest BCUT2D eigenvalue weighted by molar-refractivity contribution is 0.0175. The Morgan fingerprint density at radius 3 is 2.62 bits per heavy atom. The lowest BCUT2D eigenvalue weighted by Gasteiger charge is -2.30. The number of nitrogens with two attached hydrogens (primary N) is 1. The van der Waals surface area contributed by atoms with Crippen LogP contribution in [-0.4, -0.2) is 23.4 Å². The van der Waals surface area contributed by atoms with Crippen molar-refractivity contribution in [2.75, 3.05) is 11.9 Å². The minimum Gasteiger partial charge on any atom is -0.366 e. The minimum absolute atomic E-state index is 0.162. The molecular weight excluding hydrogens is 340 g/mol. The molecule has 3 N–H and O–H groups in total. The van der Waals surface area contributed by atoms with Crippen molar-refractivity contribution < 1.29 is 18.4 Å². The number of amides is 3. The lowest BCUT2D eigenvalue weighted by atomic mass is 9.94. The summed E-state index contributed by atoms with van der Waals surface area (Å²) in [6.07, 6.45) is 0.509. The molecule has 3 amide bonds. The largest absolute Gasteiger partial charge is 0.366 e. The Morgan fingerprint density at radius 1 is 1.19 bits per heavy atom. The number of urea groups is 1. The van der Waals surface area contributed by atoms with Gasteiger partial charge in [0.1, 0.15) is 0 Å². The van der Waals surface area contributed by atoms with Gasteiger partial charge in [-0.1, -0.05) is 24.3 Å². The highest BCUT2D eigenvalue weighted by Gasteiger charge is 2.26. The summed E-state index contributed by atoms with van der Waals surface area (Å²) in [6, 6.07) is 10.5. The summed E-state index contributed by atoms with van der Waals surface area (Å²) in [5.41, 5.74) is 7.73. The van der Waals surface area contributed by atoms with Gasteiger partial charge in [-0.25, -0.2) is 13.6 Å². The van der Waals surface area contributed by atoms with E-state index in [0.29, 0.717) is 30.8 Å². The number of nitrogens with zero attached hydrogens (tertiary/aromatic N) is 1. The summed E-state index contributed by atoms with van der Waals surface area (Å²) >= 11 is 0. The molecule has 0 aromatic heterocycles. The molecule has 0 aliphatic carbocycles. The predicted molar refractivity (Wildman–Crippen MR) is 94.1 cm³/mol. The highest BCUT2D eigenvalue weighted by molar-refractivity contribution is 5.95. The average molecular weight is 359 g/mol. The van der Waals surface area contributed by atoms with Crippen LogP contribution in [0, 0.1) is 0 Å². The maximum absolute atomic E-state index is 13.4. The number of halogens is 2. The fourth-order valence-electron chi connectivity index (χ4n) is 3.09. The van der Waals surface area contributed by atoms with Crippen LogP contribution >= 0.6 is 0 Å². The highest BCUT2D eigenvalue weighted by Crippen LogP contribution is 2.29. The van der Waals surface area contributed by atoms with Gasteiger partial charge in [0.05, 0.1) is 0 Å². The maximum atomic E-state index is 13.4. The van der Waals surface area contributed by atoms with E-state index >= 15 is 0 Å². The van der Waals surface area contributed by atoms with E-state index in [1.807, 2.05) is 6.07 Å². The first-order chi connectivity index (χ1) is 12.3. The molecule has 0 unspecified atom stereocenters. The maximum Gasteiger partial charge on any atom is 0.322 e. The summed E-state index contributed by atoms with van der Waals surface area (Å²) in [6.45, 7) is 1.55. The quantitative estimate of drug-likeness (QED) is 0.880. The number of carbonyl (C=O) groups excluding carboxylic acids is 2. The molecule has 0 radical (unpaired) electrons. The summed E-state index contributed by atoms with van der Waals surface area (Å²) in [5, 5.41) is 2.65. The van der Waals surface area contributed by atoms with Crippen molar-refractivity contribution in [3.63, 3.8) is 0 Å². The van der Waals surface area contributed by atoms with Crippen molar-refractivity contribution >= 4 is 17.6 Å². The molecule has 1 heterocycles. The van der Waals surface area contributed by atoms with Crippen molar-refractivity contribution in [1.29, 1.82) is 0 Å². The molecule has 0 saturated heterocycles. The van der Waals surface area contributed by atoms with Gasteiger partial charge in [0.2, 0.25) is 5.91 Å². The number of hydrogen-bond acceptors (Lipinski definition) is 2. The van der Waals surface area contributed by atoms with Crippen molar-refractivity contribution in [3.05, 3.63) is 64.7 Å². The Hall–Kier alpha value is -2.96. The number of rotatable bonds is 3. The number of benzene rings is 2. The van der Waals surface area contributed by atoms with E-state index in [4.69, 9.17) is 5.73 Å². The molecule has 3 rings (SSSR count). The molecule has 7 heteroatoms. The molecule has 0 spiro atoms. The number of carbonyl (C=O) groups is 2. The van der Waals surface area contributed by atoms with Gasteiger partial charge >= 0.3 is 6.03 Å². The molecule has 2 aromatic carbocycles. The van der Waals surface area contributed by atoms with E-state index in [1.54, 1.807) is 23.1 Å². The molecule has 0 saturated carbocycles. The standard InChI is InChI=1S/C19H19F2N3O2/c1-19(20,21)13-5-3-6-14(10-13)23-18(26)24-9-8-15-12(11-24)4-2-7-16(15)17(22)25/h2-7,10H,8-9,11H2,1H3,(H2,22,25)(H,23,26). The van der Waals surface area contributed by atoms with Gasteiger partial charge in [0.25, 0.3) is 5.92 Å². The lowest BCUT2D eigenvalue weighted by Crippen LogP contribution is -2.39. The zero-order chi connectivity index (χ0) is 18.9. The molecule has 0 atom stereocenters. The number of nitrogens with one attached hydrogen (secondary N) is 1. The van der Waals surface area contributed by atoms with Crippen LogP contribution in [0.15, 0.2) is 42.5 Å². The van der Waals surface area contributed by atoms with E-state index in [0.717, 1.165) is 18.1 Å². The van der Waals surface area contributed by atoms with E-state index in [2.05, 4.69) is 5.32 Å². The van der Waals surface area contributed by atoms with E-state index in [-0.39, 0.29) is 11.6 Å². The fourth-order valence-corrected chi connectivity index (χ4v) is 3.09. The van der Waals surface area contributed by atoms with Crippen LogP contribution in [0.3, 0.4) is 0 Å². The Bertz CT molecular complexity index is 862. The molecule has 0 fully saturated rings. The second kappa shape index (κ2) is 6.74. The molecule has 136 valence electrons. The number of hydrogen-bond donors (Lipinski definition) is 2. The van der Waals surface area contributed by atoms with Crippen LogP contribution in [0.4, 0.5) is 19.3 Å². The van der Waals surface area contributed by atoms with Crippen molar-refractivity contribution in [3.8, 4) is 0 Å². The zero-order valence-electron chi connectivity index (χ0n) is 14.3. The molecule has 26 heavy (non-hydrogen) atoms. The van der Waals surface area contributed by atoms with Crippen LogP contribution < -0.4 is 11.1 Å². The fraction of sp³-hybridized carbons (Fsp3) is 0.263. The van der Waals surface area contributed by atoms with Crippen LogP contribution in [0.5, 0.6) is 0 Å². The van der Waals surface area contributed by atoms with Gasteiger partial charge in [-0.05, 0) is 35.7 Å². The van der Waals surface area contributed by atoms with Crippen molar-refractivity contribution in [1.82, 2.24) is 4.90 Å². The Balaban J connectivity index is 1.75. The summed E-state index contributed by atoms with van der Waals surface area (Å²) < 4.78 is 26.9. The third kappa shape index (κ3) is 3.66. The van der Waals surface area contributed by atoms with Gasteiger partial charge in [0.15, 0.2) is 0 Å². The third-order valence-corrected chi connectivity index (χ3v) is 4.44. The molecule has 0 bridgehead atoms. The predicted octanol–water partition coefficient (Wildman–Crippen LogP) is 3.49. The van der Waals surface area contributed by atoms with E-state index in [1.165, 1.54) is 18.2 Å². The monoisotopic (exact) mass is 359 g/mol. The second-order valence-corrected chi connectivity index (χ2v) is 6.38. The topological polar surface area (TPSA) is 75.4 Å². The first-order valence-corrected chi connectivity index (χ1v) is 8.20. The van der Waals surface area contributed by atoms with Gasteiger partial charge in [0, 0.05) is 36.8 Å². The first-order valence-electron chi connectivity index (χ1n) is 8.20. The molecule has 1 aliphatic heterocycles. The van der Waals surface area contributed by atoms with Crippen LogP contribution in [0.25, 0.3) is 0 Å². The summed E-state index contributed by atoms with van der Waals surface area (Å²) in [7, 11) is 0. The van der Waals surface area contributed by atoms with Crippen LogP contribution in [0.2, 0.25) is 0 Å². The smallest absolute Gasteiger partial charge is 0.322 e. The number of alkyl halides is 2. The van der Waals surface area contributed by atoms with Crippen LogP contribution in [-0.2, 0) is 18.9 Å². The van der Waals surface area contributed by atoms with Crippen molar-refractivity contribution in [2.45, 2.75) is 25.8 Å². The number of fused-ring (bicyclic) bond motifs is 1. The Labute approximate surface area is 149 Å².